The molecule has 1 aromatic carbocycles. The van der Waals surface area contributed by atoms with E-state index in [9.17, 15) is 23.2 Å². The van der Waals surface area contributed by atoms with Gasteiger partial charge in [-0.25, -0.2) is 4.98 Å². The summed E-state index contributed by atoms with van der Waals surface area (Å²) in [5, 5.41) is 14.4. The summed E-state index contributed by atoms with van der Waals surface area (Å²) in [6.07, 6.45) is -3.83. The molecule has 0 unspecified atom stereocenters. The van der Waals surface area contributed by atoms with Crippen molar-refractivity contribution in [3.05, 3.63) is 63.9 Å². The van der Waals surface area contributed by atoms with Crippen molar-refractivity contribution in [3.63, 3.8) is 0 Å². The highest BCUT2D eigenvalue weighted by molar-refractivity contribution is 6.32. The summed E-state index contributed by atoms with van der Waals surface area (Å²) in [4.78, 5) is 15.0. The Labute approximate surface area is 168 Å². The van der Waals surface area contributed by atoms with Crippen LogP contribution in [0.3, 0.4) is 0 Å². The largest absolute Gasteiger partial charge is 0.417 e. The molecule has 0 bridgehead atoms. The van der Waals surface area contributed by atoms with E-state index in [-0.39, 0.29) is 39.5 Å². The lowest BCUT2D eigenvalue weighted by Gasteiger charge is -2.13. The lowest BCUT2D eigenvalue weighted by atomic mass is 10.0. The average molecular weight is 432 g/mol. The number of carbonyl (C=O) groups is 1. The number of nitrogens with one attached hydrogen (secondary N) is 1. The van der Waals surface area contributed by atoms with Gasteiger partial charge in [0.1, 0.15) is 16.0 Å². The molecule has 0 spiro atoms. The van der Waals surface area contributed by atoms with Crippen molar-refractivity contribution in [2.24, 2.45) is 5.16 Å². The molecule has 10 heteroatoms. The molecule has 0 radical (unpaired) electrons. The Hall–Kier alpha value is -2.58. The summed E-state index contributed by atoms with van der Waals surface area (Å²) in [5.41, 5.74) is -1.13. The fraction of sp³-hybridized carbons (Fsp3) is 0.167. The number of carbonyl (C=O) groups excluding carboxylic acids is 1. The minimum atomic E-state index is -4.78. The van der Waals surface area contributed by atoms with Gasteiger partial charge in [-0.15, -0.1) is 0 Å². The van der Waals surface area contributed by atoms with Gasteiger partial charge in [-0.3, -0.25) is 4.79 Å². The van der Waals surface area contributed by atoms with E-state index in [0.717, 1.165) is 12.1 Å². The lowest BCUT2D eigenvalue weighted by molar-refractivity contribution is -0.115. The third-order valence-electron chi connectivity index (χ3n) is 3.55. The minimum absolute atomic E-state index is 0.199. The second-order valence-corrected chi connectivity index (χ2v) is 6.30. The van der Waals surface area contributed by atoms with E-state index in [4.69, 9.17) is 23.2 Å². The molecule has 0 aliphatic heterocycles. The molecule has 5 nitrogen and oxygen atoms in total. The van der Waals surface area contributed by atoms with Gasteiger partial charge in [-0.2, -0.15) is 13.2 Å². The molecule has 0 saturated carbocycles. The van der Waals surface area contributed by atoms with Gasteiger partial charge in [0.25, 0.3) is 0 Å². The van der Waals surface area contributed by atoms with Gasteiger partial charge in [0.05, 0.1) is 5.57 Å². The van der Waals surface area contributed by atoms with Crippen LogP contribution in [0.4, 0.5) is 18.9 Å². The fourth-order valence-corrected chi connectivity index (χ4v) is 2.69. The Morgan fingerprint density at radius 1 is 1.18 bits per heavy atom. The second-order valence-electron chi connectivity index (χ2n) is 5.52. The molecule has 2 aromatic rings. The highest BCUT2D eigenvalue weighted by Gasteiger charge is 2.35. The minimum Gasteiger partial charge on any atom is -0.410 e. The summed E-state index contributed by atoms with van der Waals surface area (Å²) in [5.74, 6) is -0.213. The van der Waals surface area contributed by atoms with Crippen molar-refractivity contribution < 1.29 is 23.2 Å². The van der Waals surface area contributed by atoms with E-state index in [1.165, 1.54) is 24.3 Å². The maximum atomic E-state index is 13.6. The molecule has 148 valence electrons. The van der Waals surface area contributed by atoms with Crippen molar-refractivity contribution in [1.82, 2.24) is 4.98 Å². The number of hydrogen-bond donors (Lipinski definition) is 2. The van der Waals surface area contributed by atoms with Crippen molar-refractivity contribution >= 4 is 46.1 Å². The predicted octanol–water partition coefficient (Wildman–Crippen LogP) is 5.56. The van der Waals surface area contributed by atoms with E-state index < -0.39 is 11.7 Å². The number of pyridine rings is 1. The Bertz CT molecular complexity index is 906. The summed E-state index contributed by atoms with van der Waals surface area (Å²) >= 11 is 11.4. The number of anilines is 1. The van der Waals surface area contributed by atoms with Crippen LogP contribution < -0.4 is 5.32 Å². The monoisotopic (exact) mass is 431 g/mol. The number of rotatable bonds is 5. The Morgan fingerprint density at radius 3 is 2.21 bits per heavy atom. The summed E-state index contributed by atoms with van der Waals surface area (Å²) in [6.45, 7) is 1.68. The third-order valence-corrected chi connectivity index (χ3v) is 3.94. The van der Waals surface area contributed by atoms with Gasteiger partial charge in [-0.05, 0) is 35.9 Å². The van der Waals surface area contributed by atoms with Gasteiger partial charge in [0.2, 0.25) is 5.91 Å². The zero-order valence-corrected chi connectivity index (χ0v) is 15.9. The first-order valence-corrected chi connectivity index (χ1v) is 8.64. The third kappa shape index (κ3) is 5.71. The van der Waals surface area contributed by atoms with Crippen LogP contribution in [0, 0.1) is 0 Å². The molecule has 0 atom stereocenters. The van der Waals surface area contributed by atoms with E-state index in [2.05, 4.69) is 15.5 Å². The highest BCUT2D eigenvalue weighted by Crippen LogP contribution is 2.36. The lowest BCUT2D eigenvalue weighted by Crippen LogP contribution is -2.13. The topological polar surface area (TPSA) is 74.6 Å². The van der Waals surface area contributed by atoms with Crippen LogP contribution in [0.2, 0.25) is 10.3 Å². The smallest absolute Gasteiger partial charge is 0.410 e. The van der Waals surface area contributed by atoms with Crippen LogP contribution in [0.15, 0.2) is 47.6 Å². The molecule has 0 aliphatic carbocycles. The Balaban J connectivity index is 2.45. The molecule has 1 amide bonds. The van der Waals surface area contributed by atoms with Crippen LogP contribution in [0.5, 0.6) is 0 Å². The van der Waals surface area contributed by atoms with Gasteiger partial charge >= 0.3 is 6.18 Å². The number of oxime groups is 1. The highest BCUT2D eigenvalue weighted by atomic mass is 35.5. The summed E-state index contributed by atoms with van der Waals surface area (Å²) in [7, 11) is 0. The van der Waals surface area contributed by atoms with E-state index in [1.54, 1.807) is 6.92 Å². The Kier molecular flexibility index (Phi) is 7.04. The molecular formula is C18H14Cl2F3N3O2. The number of benzene rings is 1. The van der Waals surface area contributed by atoms with Gasteiger partial charge in [0.15, 0.2) is 0 Å². The molecule has 0 aliphatic rings. The zero-order chi connectivity index (χ0) is 20.9. The molecule has 0 saturated heterocycles. The summed E-state index contributed by atoms with van der Waals surface area (Å²) < 4.78 is 40.7. The van der Waals surface area contributed by atoms with Crippen LogP contribution in [-0.2, 0) is 4.79 Å². The fourth-order valence-electron chi connectivity index (χ4n) is 2.23. The van der Waals surface area contributed by atoms with Crippen LogP contribution in [-0.4, -0.2) is 28.0 Å². The number of halogens is 5. The van der Waals surface area contributed by atoms with Crippen molar-refractivity contribution in [3.8, 4) is 0 Å². The average Bonchev–Trinajstić information content (AvgIpc) is 2.61. The SMILES string of the molecule is CCC(=O)Nc1ccc(C(/C=C(/c2cc(Cl)nc(Cl)c2)C(F)(F)F)=N\O)cc1. The van der Waals surface area contributed by atoms with Crippen molar-refractivity contribution in [1.29, 1.82) is 0 Å². The molecule has 1 heterocycles. The Morgan fingerprint density at radius 2 is 1.75 bits per heavy atom. The second kappa shape index (κ2) is 9.07. The van der Waals surface area contributed by atoms with Gasteiger partial charge < -0.3 is 10.5 Å². The zero-order valence-electron chi connectivity index (χ0n) is 14.4. The van der Waals surface area contributed by atoms with Crippen LogP contribution in [0.1, 0.15) is 24.5 Å². The number of alkyl halides is 3. The number of amides is 1. The molecular weight excluding hydrogens is 418 g/mol. The number of hydrogen-bond acceptors (Lipinski definition) is 4. The first-order valence-electron chi connectivity index (χ1n) is 7.88. The first-order chi connectivity index (χ1) is 13.1. The first kappa shape index (κ1) is 21.7. The van der Waals surface area contributed by atoms with Crippen LogP contribution in [0.25, 0.3) is 5.57 Å². The summed E-state index contributed by atoms with van der Waals surface area (Å²) in [6, 6.07) is 7.80. The molecule has 2 N–H and O–H groups in total. The molecule has 2 rings (SSSR count). The van der Waals surface area contributed by atoms with Crippen LogP contribution >= 0.6 is 23.2 Å². The number of nitrogens with zero attached hydrogens (tertiary/aromatic N) is 2. The van der Waals surface area contributed by atoms with E-state index in [0.29, 0.717) is 11.8 Å². The normalized spacial score (nSPS) is 12.8. The van der Waals surface area contributed by atoms with Crippen molar-refractivity contribution in [2.75, 3.05) is 5.32 Å². The molecule has 0 fully saturated rings. The van der Waals surface area contributed by atoms with E-state index in [1.807, 2.05) is 0 Å². The molecule has 1 aromatic heterocycles. The van der Waals surface area contributed by atoms with Crippen molar-refractivity contribution in [2.45, 2.75) is 19.5 Å². The molecule has 28 heavy (non-hydrogen) atoms. The quantitative estimate of drug-likeness (QED) is 0.281. The standard InChI is InChI=1S/C18H14Cl2F3N3O2/c1-2-17(27)24-12-5-3-10(4-6-12)14(26-28)9-13(18(21,22)23)11-7-15(19)25-16(20)8-11/h3-9,28H,2H2,1H3,(H,24,27)/b13-9-,26-14-. The van der Waals surface area contributed by atoms with E-state index >= 15 is 0 Å². The van der Waals surface area contributed by atoms with Gasteiger partial charge in [0, 0.05) is 17.7 Å². The maximum Gasteiger partial charge on any atom is 0.417 e. The number of allylic oxidation sites excluding steroid dienone is 2. The van der Waals surface area contributed by atoms with Gasteiger partial charge in [-0.1, -0.05) is 47.4 Å². The predicted molar refractivity (Wildman–Crippen MR) is 102 cm³/mol. The number of aromatic nitrogens is 1. The maximum absolute atomic E-state index is 13.6.